The van der Waals surface area contributed by atoms with E-state index >= 15 is 0 Å². The van der Waals surface area contributed by atoms with E-state index in [-0.39, 0.29) is 5.91 Å². The van der Waals surface area contributed by atoms with E-state index in [0.29, 0.717) is 11.8 Å². The zero-order chi connectivity index (χ0) is 24.4. The van der Waals surface area contributed by atoms with E-state index in [0.717, 1.165) is 60.2 Å². The van der Waals surface area contributed by atoms with Crippen molar-refractivity contribution in [1.82, 2.24) is 19.7 Å². The molecule has 1 aliphatic heterocycles. The zero-order valence-corrected chi connectivity index (χ0v) is 20.6. The number of benzene rings is 2. The zero-order valence-electron chi connectivity index (χ0n) is 20.6. The van der Waals surface area contributed by atoms with Crippen molar-refractivity contribution in [3.63, 3.8) is 0 Å². The second kappa shape index (κ2) is 9.90. The van der Waals surface area contributed by atoms with Crippen LogP contribution in [0.2, 0.25) is 0 Å². The number of nitrogens with zero attached hydrogens (tertiary/aromatic N) is 4. The first kappa shape index (κ1) is 23.1. The number of ether oxygens (including phenoxy) is 1. The second-order valence-corrected chi connectivity index (χ2v) is 9.50. The van der Waals surface area contributed by atoms with Gasteiger partial charge in [0.15, 0.2) is 11.8 Å². The minimum absolute atomic E-state index is 0.0208. The van der Waals surface area contributed by atoms with Crippen molar-refractivity contribution < 1.29 is 9.53 Å². The lowest BCUT2D eigenvalue weighted by atomic mass is 9.90. The summed E-state index contributed by atoms with van der Waals surface area (Å²) < 4.78 is 7.91. The molecule has 1 amide bonds. The SMILES string of the molecule is Cc1nn(C)c2nc(O[C@H](C)C(=O)N3CCC(Cc4ccccc4)CC3)cc(-c3ccccc3)c12. The van der Waals surface area contributed by atoms with Gasteiger partial charge in [0, 0.05) is 26.2 Å². The van der Waals surface area contributed by atoms with Crippen LogP contribution in [0.5, 0.6) is 5.88 Å². The monoisotopic (exact) mass is 468 g/mol. The average molecular weight is 469 g/mol. The van der Waals surface area contributed by atoms with Crippen LogP contribution in [0.25, 0.3) is 22.2 Å². The molecule has 0 saturated carbocycles. The molecule has 6 heteroatoms. The smallest absolute Gasteiger partial charge is 0.263 e. The molecule has 1 aliphatic rings. The van der Waals surface area contributed by atoms with Crippen LogP contribution >= 0.6 is 0 Å². The van der Waals surface area contributed by atoms with Crippen LogP contribution < -0.4 is 4.74 Å². The van der Waals surface area contributed by atoms with E-state index in [2.05, 4.69) is 47.6 Å². The Bertz CT molecular complexity index is 1310. The van der Waals surface area contributed by atoms with E-state index in [1.807, 2.05) is 50.1 Å². The Hall–Kier alpha value is -3.67. The summed E-state index contributed by atoms with van der Waals surface area (Å²) in [5.41, 5.74) is 5.12. The molecule has 0 spiro atoms. The highest BCUT2D eigenvalue weighted by Crippen LogP contribution is 2.33. The number of fused-ring (bicyclic) bond motifs is 1. The minimum Gasteiger partial charge on any atom is -0.464 e. The number of carbonyl (C=O) groups excluding carboxylic acids is 1. The van der Waals surface area contributed by atoms with Gasteiger partial charge in [0.1, 0.15) is 0 Å². The molecule has 0 aliphatic carbocycles. The Morgan fingerprint density at radius 1 is 1.06 bits per heavy atom. The highest BCUT2D eigenvalue weighted by atomic mass is 16.5. The third-order valence-corrected chi connectivity index (χ3v) is 6.97. The minimum atomic E-state index is -0.608. The lowest BCUT2D eigenvalue weighted by Gasteiger charge is -2.33. The fourth-order valence-electron chi connectivity index (χ4n) is 5.12. The number of rotatable bonds is 6. The van der Waals surface area contributed by atoms with Crippen LogP contribution in [0.3, 0.4) is 0 Å². The predicted molar refractivity (Wildman–Crippen MR) is 138 cm³/mol. The first-order valence-corrected chi connectivity index (χ1v) is 12.4. The highest BCUT2D eigenvalue weighted by Gasteiger charge is 2.28. The van der Waals surface area contributed by atoms with Gasteiger partial charge in [-0.05, 0) is 55.7 Å². The number of pyridine rings is 1. The number of likely N-dealkylation sites (tertiary alicyclic amines) is 1. The van der Waals surface area contributed by atoms with Gasteiger partial charge in [-0.3, -0.25) is 9.48 Å². The Kier molecular flexibility index (Phi) is 6.53. The third-order valence-electron chi connectivity index (χ3n) is 6.97. The summed E-state index contributed by atoms with van der Waals surface area (Å²) in [6.45, 7) is 5.35. The summed E-state index contributed by atoms with van der Waals surface area (Å²) >= 11 is 0. The number of piperidine rings is 1. The predicted octanol–water partition coefficient (Wildman–Crippen LogP) is 5.19. The Balaban J connectivity index is 1.29. The van der Waals surface area contributed by atoms with Crippen LogP contribution in [0.1, 0.15) is 31.0 Å². The first-order chi connectivity index (χ1) is 17.0. The first-order valence-electron chi connectivity index (χ1n) is 12.4. The van der Waals surface area contributed by atoms with Gasteiger partial charge in [-0.2, -0.15) is 10.1 Å². The molecule has 1 atom stereocenters. The fraction of sp³-hybridized carbons (Fsp3) is 0.345. The summed E-state index contributed by atoms with van der Waals surface area (Å²) in [5.74, 6) is 1.08. The fourth-order valence-corrected chi connectivity index (χ4v) is 5.12. The molecule has 6 nitrogen and oxygen atoms in total. The maximum absolute atomic E-state index is 13.2. The highest BCUT2D eigenvalue weighted by molar-refractivity contribution is 5.95. The van der Waals surface area contributed by atoms with Crippen molar-refractivity contribution in [1.29, 1.82) is 0 Å². The average Bonchev–Trinajstić information content (AvgIpc) is 3.17. The van der Waals surface area contributed by atoms with Crippen LogP contribution in [0.15, 0.2) is 66.7 Å². The molecule has 3 heterocycles. The number of amides is 1. The molecule has 0 unspecified atom stereocenters. The van der Waals surface area contributed by atoms with Gasteiger partial charge >= 0.3 is 0 Å². The van der Waals surface area contributed by atoms with Gasteiger partial charge in [0.25, 0.3) is 5.91 Å². The second-order valence-electron chi connectivity index (χ2n) is 9.50. The number of aryl methyl sites for hydroxylation is 2. The van der Waals surface area contributed by atoms with E-state index in [9.17, 15) is 4.79 Å². The number of hydrogen-bond donors (Lipinski definition) is 0. The van der Waals surface area contributed by atoms with Gasteiger partial charge < -0.3 is 9.64 Å². The normalized spacial score (nSPS) is 15.3. The molecule has 180 valence electrons. The Morgan fingerprint density at radius 2 is 1.71 bits per heavy atom. The summed E-state index contributed by atoms with van der Waals surface area (Å²) in [6, 6.07) is 22.7. The summed E-state index contributed by atoms with van der Waals surface area (Å²) in [4.78, 5) is 19.9. The van der Waals surface area contributed by atoms with Crippen LogP contribution in [-0.4, -0.2) is 44.8 Å². The van der Waals surface area contributed by atoms with Gasteiger partial charge in [-0.15, -0.1) is 0 Å². The maximum atomic E-state index is 13.2. The molecule has 0 N–H and O–H groups in total. The quantitative estimate of drug-likeness (QED) is 0.391. The van der Waals surface area contributed by atoms with Crippen LogP contribution in [0.4, 0.5) is 0 Å². The van der Waals surface area contributed by atoms with Gasteiger partial charge in [0.2, 0.25) is 5.88 Å². The molecular formula is C29H32N4O2. The summed E-state index contributed by atoms with van der Waals surface area (Å²) in [7, 11) is 1.88. The number of carbonyl (C=O) groups is 1. The van der Waals surface area contributed by atoms with Gasteiger partial charge in [-0.25, -0.2) is 0 Å². The van der Waals surface area contributed by atoms with Crippen LogP contribution in [0, 0.1) is 12.8 Å². The van der Waals surface area contributed by atoms with Crippen molar-refractivity contribution >= 4 is 16.9 Å². The molecular weight excluding hydrogens is 436 g/mol. The molecule has 1 fully saturated rings. The standard InChI is InChI=1S/C29H32N4O2/c1-20-27-25(24-12-8-5-9-13-24)19-26(30-28(27)32(3)31-20)35-21(2)29(34)33-16-14-23(15-17-33)18-22-10-6-4-7-11-22/h4-13,19,21,23H,14-18H2,1-3H3/t21-/m1/s1. The van der Waals surface area contributed by atoms with Crippen molar-refractivity contribution in [3.8, 4) is 17.0 Å². The lowest BCUT2D eigenvalue weighted by molar-refractivity contribution is -0.139. The summed E-state index contributed by atoms with van der Waals surface area (Å²) in [5, 5.41) is 5.57. The topological polar surface area (TPSA) is 60.2 Å². The third kappa shape index (κ3) is 4.92. The lowest BCUT2D eigenvalue weighted by Crippen LogP contribution is -2.45. The van der Waals surface area contributed by atoms with E-state index in [1.54, 1.807) is 4.68 Å². The van der Waals surface area contributed by atoms with E-state index in [1.165, 1.54) is 5.56 Å². The van der Waals surface area contributed by atoms with Crippen molar-refractivity contribution in [2.75, 3.05) is 13.1 Å². The van der Waals surface area contributed by atoms with Gasteiger partial charge in [0.05, 0.1) is 11.1 Å². The van der Waals surface area contributed by atoms with Crippen molar-refractivity contribution in [2.45, 2.75) is 39.2 Å². The Labute approximate surface area is 206 Å². The Morgan fingerprint density at radius 3 is 2.40 bits per heavy atom. The largest absolute Gasteiger partial charge is 0.464 e. The van der Waals surface area contributed by atoms with Crippen molar-refractivity contribution in [2.24, 2.45) is 13.0 Å². The molecule has 1 saturated heterocycles. The van der Waals surface area contributed by atoms with Crippen LogP contribution in [-0.2, 0) is 18.3 Å². The molecule has 35 heavy (non-hydrogen) atoms. The molecule has 4 aromatic rings. The molecule has 5 rings (SSSR count). The molecule has 0 radical (unpaired) electrons. The molecule has 2 aromatic heterocycles. The van der Waals surface area contributed by atoms with E-state index < -0.39 is 6.10 Å². The number of aromatic nitrogens is 3. The van der Waals surface area contributed by atoms with Gasteiger partial charge in [-0.1, -0.05) is 60.7 Å². The van der Waals surface area contributed by atoms with Crippen molar-refractivity contribution in [3.05, 3.63) is 78.0 Å². The van der Waals surface area contributed by atoms with E-state index in [4.69, 9.17) is 9.72 Å². The molecule has 2 aromatic carbocycles. The summed E-state index contributed by atoms with van der Waals surface area (Å²) in [6.07, 6.45) is 2.50. The maximum Gasteiger partial charge on any atom is 0.263 e. The number of hydrogen-bond acceptors (Lipinski definition) is 4. The molecule has 0 bridgehead atoms.